The maximum atomic E-state index is 12.4. The van der Waals surface area contributed by atoms with Crippen molar-refractivity contribution in [1.82, 2.24) is 20.4 Å². The molecular weight excluding hydrogens is 318 g/mol. The molecule has 2 aromatic rings. The third-order valence-electron chi connectivity index (χ3n) is 5.22. The molecule has 1 N–H and O–H groups in total. The van der Waals surface area contributed by atoms with E-state index in [1.54, 1.807) is 6.33 Å². The van der Waals surface area contributed by atoms with Crippen molar-refractivity contribution in [2.24, 2.45) is 0 Å². The SMILES string of the molecule is Cc1noc(C)c1CC(=O)N[C@H]1CCN(c2ncnc3c2CCC3)C1. The van der Waals surface area contributed by atoms with E-state index in [2.05, 4.69) is 25.3 Å². The highest BCUT2D eigenvalue weighted by atomic mass is 16.5. The average Bonchev–Trinajstić information content (AvgIpc) is 3.31. The maximum Gasteiger partial charge on any atom is 0.224 e. The largest absolute Gasteiger partial charge is 0.361 e. The van der Waals surface area contributed by atoms with Gasteiger partial charge < -0.3 is 14.7 Å². The Labute approximate surface area is 146 Å². The monoisotopic (exact) mass is 341 g/mol. The Bertz CT molecular complexity index is 781. The molecule has 1 fully saturated rings. The quantitative estimate of drug-likeness (QED) is 0.907. The van der Waals surface area contributed by atoms with Crippen LogP contribution in [-0.2, 0) is 24.1 Å². The van der Waals surface area contributed by atoms with Crippen LogP contribution in [0.4, 0.5) is 5.82 Å². The van der Waals surface area contributed by atoms with Crippen LogP contribution in [-0.4, -0.2) is 40.2 Å². The van der Waals surface area contributed by atoms with Crippen molar-refractivity contribution >= 4 is 11.7 Å². The number of fused-ring (bicyclic) bond motifs is 1. The molecule has 132 valence electrons. The van der Waals surface area contributed by atoms with Gasteiger partial charge in [0.25, 0.3) is 0 Å². The van der Waals surface area contributed by atoms with Gasteiger partial charge in [-0.1, -0.05) is 5.16 Å². The van der Waals surface area contributed by atoms with Gasteiger partial charge >= 0.3 is 0 Å². The van der Waals surface area contributed by atoms with E-state index < -0.39 is 0 Å². The molecule has 0 radical (unpaired) electrons. The fraction of sp³-hybridized carbons (Fsp3) is 0.556. The molecule has 25 heavy (non-hydrogen) atoms. The molecule has 1 aliphatic heterocycles. The van der Waals surface area contributed by atoms with Gasteiger partial charge in [0.05, 0.1) is 12.1 Å². The first-order valence-corrected chi connectivity index (χ1v) is 8.90. The summed E-state index contributed by atoms with van der Waals surface area (Å²) >= 11 is 0. The number of amides is 1. The molecule has 0 unspecified atom stereocenters. The predicted molar refractivity (Wildman–Crippen MR) is 92.5 cm³/mol. The molecule has 0 aromatic carbocycles. The van der Waals surface area contributed by atoms with Crippen molar-refractivity contribution in [2.45, 2.75) is 52.0 Å². The van der Waals surface area contributed by atoms with Gasteiger partial charge in [0.2, 0.25) is 5.91 Å². The number of hydrogen-bond acceptors (Lipinski definition) is 6. The molecule has 1 aliphatic carbocycles. The predicted octanol–water partition coefficient (Wildman–Crippen LogP) is 1.51. The highest BCUT2D eigenvalue weighted by molar-refractivity contribution is 5.79. The molecule has 1 atom stereocenters. The van der Waals surface area contributed by atoms with Gasteiger partial charge in [-0.3, -0.25) is 4.79 Å². The van der Waals surface area contributed by atoms with Crippen LogP contribution in [0.25, 0.3) is 0 Å². The molecule has 1 amide bonds. The minimum atomic E-state index is 0.0224. The third-order valence-corrected chi connectivity index (χ3v) is 5.22. The van der Waals surface area contributed by atoms with E-state index in [-0.39, 0.29) is 11.9 Å². The lowest BCUT2D eigenvalue weighted by molar-refractivity contribution is -0.121. The summed E-state index contributed by atoms with van der Waals surface area (Å²) in [5.74, 6) is 1.80. The number of nitrogens with zero attached hydrogens (tertiary/aromatic N) is 4. The topological polar surface area (TPSA) is 84.2 Å². The Hall–Kier alpha value is -2.44. The van der Waals surface area contributed by atoms with Crippen LogP contribution < -0.4 is 10.2 Å². The van der Waals surface area contributed by atoms with Crippen LogP contribution in [0.15, 0.2) is 10.9 Å². The molecule has 7 nitrogen and oxygen atoms in total. The number of carbonyl (C=O) groups excluding carboxylic acids is 1. The molecule has 2 aromatic heterocycles. The van der Waals surface area contributed by atoms with E-state index in [1.807, 2.05) is 13.8 Å². The van der Waals surface area contributed by atoms with Crippen molar-refractivity contribution in [3.05, 3.63) is 34.6 Å². The fourth-order valence-electron chi connectivity index (χ4n) is 3.88. The Morgan fingerprint density at radius 1 is 1.36 bits per heavy atom. The molecule has 7 heteroatoms. The lowest BCUT2D eigenvalue weighted by Gasteiger charge is -2.20. The summed E-state index contributed by atoms with van der Waals surface area (Å²) in [7, 11) is 0. The summed E-state index contributed by atoms with van der Waals surface area (Å²) < 4.78 is 5.13. The summed E-state index contributed by atoms with van der Waals surface area (Å²) in [6.07, 6.45) is 6.20. The van der Waals surface area contributed by atoms with Gasteiger partial charge in [-0.25, -0.2) is 9.97 Å². The smallest absolute Gasteiger partial charge is 0.224 e. The highest BCUT2D eigenvalue weighted by Gasteiger charge is 2.28. The van der Waals surface area contributed by atoms with E-state index in [9.17, 15) is 4.79 Å². The Kier molecular flexibility index (Phi) is 4.15. The zero-order valence-electron chi connectivity index (χ0n) is 14.7. The van der Waals surface area contributed by atoms with Gasteiger partial charge in [-0.2, -0.15) is 0 Å². The second-order valence-corrected chi connectivity index (χ2v) is 6.95. The summed E-state index contributed by atoms with van der Waals surface area (Å²) in [6.45, 7) is 5.43. The van der Waals surface area contributed by atoms with Crippen LogP contribution in [0.1, 0.15) is 41.1 Å². The zero-order chi connectivity index (χ0) is 17.4. The van der Waals surface area contributed by atoms with Crippen LogP contribution in [0, 0.1) is 13.8 Å². The summed E-state index contributed by atoms with van der Waals surface area (Å²) in [5, 5.41) is 7.05. The highest BCUT2D eigenvalue weighted by Crippen LogP contribution is 2.29. The van der Waals surface area contributed by atoms with E-state index in [1.165, 1.54) is 11.3 Å². The van der Waals surface area contributed by atoms with Gasteiger partial charge in [0.15, 0.2) is 0 Å². The van der Waals surface area contributed by atoms with Gasteiger partial charge in [-0.05, 0) is 39.5 Å². The number of carbonyl (C=O) groups is 1. The number of aromatic nitrogens is 3. The van der Waals surface area contributed by atoms with Gasteiger partial charge in [0.1, 0.15) is 17.9 Å². The normalized spacial score (nSPS) is 19.3. The van der Waals surface area contributed by atoms with Crippen LogP contribution in [0.5, 0.6) is 0 Å². The molecule has 3 heterocycles. The van der Waals surface area contributed by atoms with E-state index in [0.717, 1.165) is 61.6 Å². The first-order chi connectivity index (χ1) is 12.1. The second-order valence-electron chi connectivity index (χ2n) is 6.95. The van der Waals surface area contributed by atoms with Crippen molar-refractivity contribution in [1.29, 1.82) is 0 Å². The van der Waals surface area contributed by atoms with Gasteiger partial charge in [0, 0.05) is 36.0 Å². The molecule has 0 saturated carbocycles. The minimum Gasteiger partial charge on any atom is -0.361 e. The maximum absolute atomic E-state index is 12.4. The van der Waals surface area contributed by atoms with E-state index >= 15 is 0 Å². The van der Waals surface area contributed by atoms with Crippen LogP contribution in [0.2, 0.25) is 0 Å². The number of rotatable bonds is 4. The van der Waals surface area contributed by atoms with Crippen molar-refractivity contribution < 1.29 is 9.32 Å². The standard InChI is InChI=1S/C18H23N5O2/c1-11-15(12(2)25-22-11)8-17(24)21-13-6-7-23(9-13)18-14-4-3-5-16(14)19-10-20-18/h10,13H,3-9H2,1-2H3,(H,21,24)/t13-/m0/s1. The lowest BCUT2D eigenvalue weighted by Crippen LogP contribution is -2.38. The second kappa shape index (κ2) is 6.46. The number of hydrogen-bond donors (Lipinski definition) is 1. The first-order valence-electron chi connectivity index (χ1n) is 8.90. The summed E-state index contributed by atoms with van der Waals surface area (Å²) in [4.78, 5) is 23.6. The molecule has 0 bridgehead atoms. The Morgan fingerprint density at radius 3 is 3.04 bits per heavy atom. The number of anilines is 1. The lowest BCUT2D eigenvalue weighted by atomic mass is 10.1. The van der Waals surface area contributed by atoms with E-state index in [4.69, 9.17) is 4.52 Å². The number of nitrogens with one attached hydrogen (secondary N) is 1. The summed E-state index contributed by atoms with van der Waals surface area (Å²) in [5.41, 5.74) is 4.17. The van der Waals surface area contributed by atoms with Crippen molar-refractivity contribution in [3.63, 3.8) is 0 Å². The van der Waals surface area contributed by atoms with Gasteiger partial charge in [-0.15, -0.1) is 0 Å². The molecule has 1 saturated heterocycles. The fourth-order valence-corrected chi connectivity index (χ4v) is 3.88. The molecular formula is C18H23N5O2. The van der Waals surface area contributed by atoms with Crippen molar-refractivity contribution in [2.75, 3.05) is 18.0 Å². The minimum absolute atomic E-state index is 0.0224. The molecule has 2 aliphatic rings. The average molecular weight is 341 g/mol. The van der Waals surface area contributed by atoms with Crippen molar-refractivity contribution in [3.8, 4) is 0 Å². The first kappa shape index (κ1) is 16.1. The Morgan fingerprint density at radius 2 is 2.24 bits per heavy atom. The van der Waals surface area contributed by atoms with E-state index in [0.29, 0.717) is 6.42 Å². The van der Waals surface area contributed by atoms with Crippen LogP contribution >= 0.6 is 0 Å². The third kappa shape index (κ3) is 3.10. The zero-order valence-corrected chi connectivity index (χ0v) is 14.7. The molecule has 0 spiro atoms. The Balaban J connectivity index is 1.38. The number of aryl methyl sites for hydroxylation is 3. The van der Waals surface area contributed by atoms with Crippen LogP contribution in [0.3, 0.4) is 0 Å². The summed E-state index contributed by atoms with van der Waals surface area (Å²) in [6, 6.07) is 0.153. The molecule has 4 rings (SSSR count).